The van der Waals surface area contributed by atoms with Crippen LogP contribution < -0.4 is 5.11 Å². The average molecular weight is 117 g/mol. The van der Waals surface area contributed by atoms with Gasteiger partial charge in [0.15, 0.2) is 0 Å². The summed E-state index contributed by atoms with van der Waals surface area (Å²) in [6.45, 7) is 0. The number of terminal acetylenes is 1. The summed E-state index contributed by atoms with van der Waals surface area (Å²) in [5.74, 6) is 2.41. The van der Waals surface area contributed by atoms with Gasteiger partial charge in [0.25, 0.3) is 0 Å². The molecule has 1 aromatic carbocycles. The number of rotatable bonds is 0. The second-order valence-electron chi connectivity index (χ2n) is 1.67. The zero-order valence-electron chi connectivity index (χ0n) is 4.79. The van der Waals surface area contributed by atoms with E-state index in [1.807, 2.05) is 0 Å². The lowest BCUT2D eigenvalue weighted by Crippen LogP contribution is -1.87. The van der Waals surface area contributed by atoms with Gasteiger partial charge >= 0.3 is 0 Å². The van der Waals surface area contributed by atoms with E-state index in [1.165, 1.54) is 12.1 Å². The molecule has 0 spiro atoms. The highest BCUT2D eigenvalue weighted by atomic mass is 16.3. The van der Waals surface area contributed by atoms with Crippen molar-refractivity contribution in [3.8, 4) is 18.1 Å². The van der Waals surface area contributed by atoms with Crippen LogP contribution in [0.5, 0.6) is 5.75 Å². The molecule has 0 aliphatic rings. The molecule has 0 fully saturated rings. The Bertz CT molecular complexity index is 228. The van der Waals surface area contributed by atoms with Crippen LogP contribution in [0.4, 0.5) is 0 Å². The quantitative estimate of drug-likeness (QED) is 0.459. The standard InChI is InChI=1S/C8H6O/c1-2-7-3-5-8(9)6-4-7/h1,3-6,9H/p-1. The van der Waals surface area contributed by atoms with Crippen molar-refractivity contribution in [3.05, 3.63) is 29.8 Å². The van der Waals surface area contributed by atoms with Crippen LogP contribution in [0.15, 0.2) is 24.3 Å². The summed E-state index contributed by atoms with van der Waals surface area (Å²) in [4.78, 5) is 0. The molecule has 0 aliphatic carbocycles. The van der Waals surface area contributed by atoms with Crippen molar-refractivity contribution in [2.45, 2.75) is 0 Å². The molecule has 0 bridgehead atoms. The SMILES string of the molecule is C#Cc1ccc([O-])cc1. The highest BCUT2D eigenvalue weighted by Crippen LogP contribution is 2.04. The first kappa shape index (κ1) is 5.71. The summed E-state index contributed by atoms with van der Waals surface area (Å²) in [6, 6.07) is 6.16. The first-order chi connectivity index (χ1) is 4.33. The number of hydrogen-bond acceptors (Lipinski definition) is 1. The third-order valence-corrected chi connectivity index (χ3v) is 1.02. The van der Waals surface area contributed by atoms with Gasteiger partial charge in [-0.2, -0.15) is 0 Å². The third kappa shape index (κ3) is 1.23. The number of hydrogen-bond donors (Lipinski definition) is 0. The monoisotopic (exact) mass is 117 g/mol. The molecule has 0 unspecified atom stereocenters. The van der Waals surface area contributed by atoms with Gasteiger partial charge in [0.05, 0.1) is 0 Å². The fourth-order valence-corrected chi connectivity index (χ4v) is 0.551. The van der Waals surface area contributed by atoms with Crippen LogP contribution in [0.3, 0.4) is 0 Å². The smallest absolute Gasteiger partial charge is 0.0242 e. The maximum absolute atomic E-state index is 10.5. The van der Waals surface area contributed by atoms with Crippen molar-refractivity contribution in [3.63, 3.8) is 0 Å². The lowest BCUT2D eigenvalue weighted by atomic mass is 10.2. The van der Waals surface area contributed by atoms with E-state index in [1.54, 1.807) is 12.1 Å². The molecule has 1 rings (SSSR count). The lowest BCUT2D eigenvalue weighted by molar-refractivity contribution is -0.268. The highest BCUT2D eigenvalue weighted by Gasteiger charge is 1.79. The first-order valence-electron chi connectivity index (χ1n) is 2.56. The topological polar surface area (TPSA) is 23.1 Å². The molecule has 0 amide bonds. The Morgan fingerprint density at radius 2 is 1.78 bits per heavy atom. The van der Waals surface area contributed by atoms with Crippen molar-refractivity contribution in [1.82, 2.24) is 0 Å². The summed E-state index contributed by atoms with van der Waals surface area (Å²) >= 11 is 0. The van der Waals surface area contributed by atoms with E-state index >= 15 is 0 Å². The van der Waals surface area contributed by atoms with Gasteiger partial charge in [-0.25, -0.2) is 0 Å². The van der Waals surface area contributed by atoms with Gasteiger partial charge in [-0.1, -0.05) is 18.1 Å². The van der Waals surface area contributed by atoms with Crippen LogP contribution in [-0.2, 0) is 0 Å². The van der Waals surface area contributed by atoms with E-state index in [0.29, 0.717) is 0 Å². The molecular weight excluding hydrogens is 112 g/mol. The van der Waals surface area contributed by atoms with Crippen molar-refractivity contribution in [2.24, 2.45) is 0 Å². The summed E-state index contributed by atoms with van der Waals surface area (Å²) in [6.07, 6.45) is 5.05. The van der Waals surface area contributed by atoms with Gasteiger partial charge in [0.1, 0.15) is 0 Å². The Kier molecular flexibility index (Phi) is 1.42. The van der Waals surface area contributed by atoms with Crippen molar-refractivity contribution in [1.29, 1.82) is 0 Å². The van der Waals surface area contributed by atoms with Gasteiger partial charge in [-0.05, 0) is 12.1 Å². The molecule has 1 nitrogen and oxygen atoms in total. The normalized spacial score (nSPS) is 8.33. The van der Waals surface area contributed by atoms with Gasteiger partial charge in [-0.3, -0.25) is 0 Å². The molecule has 0 aliphatic heterocycles. The zero-order chi connectivity index (χ0) is 6.69. The molecular formula is C8H5O-. The summed E-state index contributed by atoms with van der Waals surface area (Å²) in [5, 5.41) is 10.5. The maximum atomic E-state index is 10.5. The Labute approximate surface area is 54.0 Å². The predicted molar refractivity (Wildman–Crippen MR) is 33.8 cm³/mol. The average Bonchev–Trinajstić information content (AvgIpc) is 1.90. The van der Waals surface area contributed by atoms with Gasteiger partial charge in [0, 0.05) is 5.56 Å². The molecule has 0 saturated heterocycles. The molecule has 1 heteroatoms. The minimum absolute atomic E-state index is 0.00556. The molecule has 0 N–H and O–H groups in total. The molecule has 0 heterocycles. The fraction of sp³-hybridized carbons (Fsp3) is 0. The molecule has 9 heavy (non-hydrogen) atoms. The molecule has 0 aromatic heterocycles. The summed E-state index contributed by atoms with van der Waals surface area (Å²) in [7, 11) is 0. The molecule has 1 aromatic rings. The Morgan fingerprint density at radius 1 is 1.22 bits per heavy atom. The van der Waals surface area contributed by atoms with Gasteiger partial charge < -0.3 is 5.11 Å². The van der Waals surface area contributed by atoms with Crippen LogP contribution in [0.1, 0.15) is 5.56 Å². The molecule has 0 radical (unpaired) electrons. The lowest BCUT2D eigenvalue weighted by Gasteiger charge is -2.01. The summed E-state index contributed by atoms with van der Waals surface area (Å²) < 4.78 is 0. The predicted octanol–water partition coefficient (Wildman–Crippen LogP) is 0.741. The van der Waals surface area contributed by atoms with Crippen LogP contribution in [0, 0.1) is 12.3 Å². The zero-order valence-corrected chi connectivity index (χ0v) is 4.79. The molecule has 44 valence electrons. The van der Waals surface area contributed by atoms with Crippen molar-refractivity contribution < 1.29 is 5.11 Å². The second kappa shape index (κ2) is 2.23. The van der Waals surface area contributed by atoms with E-state index in [0.717, 1.165) is 5.56 Å². The Hall–Kier alpha value is -1.42. The highest BCUT2D eigenvalue weighted by molar-refractivity contribution is 5.35. The summed E-state index contributed by atoms with van der Waals surface area (Å²) in [5.41, 5.74) is 0.745. The minimum atomic E-state index is -0.00556. The molecule has 0 saturated carbocycles. The van der Waals surface area contributed by atoms with Crippen LogP contribution in [0.25, 0.3) is 0 Å². The van der Waals surface area contributed by atoms with Gasteiger partial charge in [-0.15, -0.1) is 12.2 Å². The largest absolute Gasteiger partial charge is 0.872 e. The molecule has 0 atom stereocenters. The van der Waals surface area contributed by atoms with Crippen molar-refractivity contribution >= 4 is 0 Å². The van der Waals surface area contributed by atoms with E-state index in [2.05, 4.69) is 5.92 Å². The van der Waals surface area contributed by atoms with E-state index in [-0.39, 0.29) is 5.75 Å². The van der Waals surface area contributed by atoms with Crippen LogP contribution in [-0.4, -0.2) is 0 Å². The second-order valence-corrected chi connectivity index (χ2v) is 1.67. The third-order valence-electron chi connectivity index (χ3n) is 1.02. The first-order valence-corrected chi connectivity index (χ1v) is 2.56. The van der Waals surface area contributed by atoms with E-state index < -0.39 is 0 Å². The van der Waals surface area contributed by atoms with E-state index in [9.17, 15) is 5.11 Å². The Balaban J connectivity index is 3.06. The Morgan fingerprint density at radius 3 is 2.22 bits per heavy atom. The van der Waals surface area contributed by atoms with Crippen LogP contribution in [0.2, 0.25) is 0 Å². The fourth-order valence-electron chi connectivity index (χ4n) is 0.551. The maximum Gasteiger partial charge on any atom is 0.0242 e. The minimum Gasteiger partial charge on any atom is -0.872 e. The van der Waals surface area contributed by atoms with Crippen molar-refractivity contribution in [2.75, 3.05) is 0 Å². The van der Waals surface area contributed by atoms with E-state index in [4.69, 9.17) is 6.42 Å². The number of benzene rings is 1. The van der Waals surface area contributed by atoms with Gasteiger partial charge in [0.2, 0.25) is 0 Å². The van der Waals surface area contributed by atoms with Crippen LogP contribution >= 0.6 is 0 Å².